The quantitative estimate of drug-likeness (QED) is 0.838. The van der Waals surface area contributed by atoms with Gasteiger partial charge in [-0.3, -0.25) is 4.79 Å². The smallest absolute Gasteiger partial charge is 0.409 e. The van der Waals surface area contributed by atoms with Crippen LogP contribution in [0.3, 0.4) is 0 Å². The van der Waals surface area contributed by atoms with E-state index in [1.54, 1.807) is 38.3 Å². The molecule has 1 aromatic carbocycles. The number of aromatic amines is 1. The largest absolute Gasteiger partial charge is 0.493 e. The van der Waals surface area contributed by atoms with Crippen LogP contribution in [-0.4, -0.2) is 61.8 Å². The summed E-state index contributed by atoms with van der Waals surface area (Å²) in [5, 5.41) is 3.83. The number of nitrogens with one attached hydrogen (secondary N) is 2. The minimum absolute atomic E-state index is 0.0215. The van der Waals surface area contributed by atoms with Gasteiger partial charge in [-0.1, -0.05) is 0 Å². The minimum Gasteiger partial charge on any atom is -0.493 e. The molecule has 2 heterocycles. The first-order valence-corrected chi connectivity index (χ1v) is 9.03. The van der Waals surface area contributed by atoms with Crippen molar-refractivity contribution in [1.82, 2.24) is 15.2 Å². The van der Waals surface area contributed by atoms with Crippen molar-refractivity contribution < 1.29 is 23.8 Å². The summed E-state index contributed by atoms with van der Waals surface area (Å²) in [4.78, 5) is 29.3. The highest BCUT2D eigenvalue weighted by Crippen LogP contribution is 2.33. The van der Waals surface area contributed by atoms with Crippen LogP contribution in [0.5, 0.6) is 11.5 Å². The van der Waals surface area contributed by atoms with Gasteiger partial charge in [-0.15, -0.1) is 0 Å². The molecular weight excluding hydrogens is 350 g/mol. The molecule has 3 rings (SSSR count). The number of hydrogen-bond donors (Lipinski definition) is 2. The predicted octanol–water partition coefficient (Wildman–Crippen LogP) is 2.54. The first kappa shape index (κ1) is 18.9. The third kappa shape index (κ3) is 3.94. The number of methoxy groups -OCH3 is 2. The average Bonchev–Trinajstić information content (AvgIpc) is 3.10. The van der Waals surface area contributed by atoms with Crippen LogP contribution in [0.15, 0.2) is 18.3 Å². The highest BCUT2D eigenvalue weighted by molar-refractivity contribution is 6.07. The summed E-state index contributed by atoms with van der Waals surface area (Å²) >= 11 is 0. The molecule has 1 aliphatic rings. The fraction of sp³-hybridized carbons (Fsp3) is 0.474. The number of carbonyl (C=O) groups is 2. The van der Waals surface area contributed by atoms with Crippen molar-refractivity contribution in [2.45, 2.75) is 25.8 Å². The molecule has 2 amide bonds. The number of rotatable bonds is 5. The van der Waals surface area contributed by atoms with Gasteiger partial charge in [0, 0.05) is 36.8 Å². The van der Waals surface area contributed by atoms with Crippen molar-refractivity contribution in [1.29, 1.82) is 0 Å². The normalized spacial score (nSPS) is 14.9. The lowest BCUT2D eigenvalue weighted by Crippen LogP contribution is -2.46. The van der Waals surface area contributed by atoms with Crippen LogP contribution in [0.2, 0.25) is 0 Å². The molecule has 0 atom stereocenters. The Kier molecular flexibility index (Phi) is 5.73. The Morgan fingerprint density at radius 2 is 1.85 bits per heavy atom. The SMILES string of the molecule is CCOC(=O)N1CCC(NC(=O)c2c[nH]c3cc(OC)c(OC)cc23)CC1. The van der Waals surface area contributed by atoms with E-state index in [1.165, 1.54) is 0 Å². The first-order valence-electron chi connectivity index (χ1n) is 9.03. The zero-order valence-corrected chi connectivity index (χ0v) is 15.8. The number of piperidine rings is 1. The number of hydrogen-bond acceptors (Lipinski definition) is 5. The Morgan fingerprint density at radius 3 is 2.48 bits per heavy atom. The van der Waals surface area contributed by atoms with Crippen LogP contribution < -0.4 is 14.8 Å². The van der Waals surface area contributed by atoms with Gasteiger partial charge in [-0.05, 0) is 25.8 Å². The van der Waals surface area contributed by atoms with Crippen LogP contribution in [0, 0.1) is 0 Å². The Bertz CT molecular complexity index is 824. The van der Waals surface area contributed by atoms with Gasteiger partial charge in [0.2, 0.25) is 0 Å². The first-order chi connectivity index (χ1) is 13.1. The number of carbonyl (C=O) groups excluding carboxylic acids is 2. The molecule has 2 aromatic rings. The van der Waals surface area contributed by atoms with E-state index in [0.717, 1.165) is 10.9 Å². The zero-order chi connectivity index (χ0) is 19.4. The van der Waals surface area contributed by atoms with Crippen molar-refractivity contribution in [2.75, 3.05) is 33.9 Å². The van der Waals surface area contributed by atoms with E-state index < -0.39 is 0 Å². The summed E-state index contributed by atoms with van der Waals surface area (Å²) in [5.41, 5.74) is 1.36. The summed E-state index contributed by atoms with van der Waals surface area (Å²) in [6.45, 7) is 3.30. The van der Waals surface area contributed by atoms with E-state index in [4.69, 9.17) is 14.2 Å². The predicted molar refractivity (Wildman–Crippen MR) is 100 cm³/mol. The number of aromatic nitrogens is 1. The van der Waals surface area contributed by atoms with Gasteiger partial charge in [0.25, 0.3) is 5.91 Å². The minimum atomic E-state index is -0.292. The number of benzene rings is 1. The maximum Gasteiger partial charge on any atom is 0.409 e. The molecule has 0 unspecified atom stereocenters. The molecule has 1 saturated heterocycles. The van der Waals surface area contributed by atoms with Crippen LogP contribution in [0.1, 0.15) is 30.1 Å². The van der Waals surface area contributed by atoms with Gasteiger partial charge in [-0.2, -0.15) is 0 Å². The van der Waals surface area contributed by atoms with Crippen LogP contribution in [-0.2, 0) is 4.74 Å². The van der Waals surface area contributed by atoms with Crippen LogP contribution in [0.4, 0.5) is 4.79 Å². The Labute approximate surface area is 157 Å². The third-order valence-electron chi connectivity index (χ3n) is 4.79. The Balaban J connectivity index is 1.68. The topological polar surface area (TPSA) is 92.9 Å². The molecule has 0 saturated carbocycles. The van der Waals surface area contributed by atoms with Gasteiger partial charge in [-0.25, -0.2) is 4.79 Å². The molecule has 1 aromatic heterocycles. The van der Waals surface area contributed by atoms with Crippen molar-refractivity contribution in [3.05, 3.63) is 23.9 Å². The molecule has 0 spiro atoms. The molecule has 27 heavy (non-hydrogen) atoms. The summed E-state index contributed by atoms with van der Waals surface area (Å²) in [7, 11) is 3.14. The van der Waals surface area contributed by atoms with E-state index >= 15 is 0 Å². The second-order valence-electron chi connectivity index (χ2n) is 6.39. The number of likely N-dealkylation sites (tertiary alicyclic amines) is 1. The summed E-state index contributed by atoms with van der Waals surface area (Å²) in [6.07, 6.45) is 2.79. The molecule has 0 radical (unpaired) electrons. The highest BCUT2D eigenvalue weighted by atomic mass is 16.6. The van der Waals surface area contributed by atoms with Crippen LogP contribution in [0.25, 0.3) is 10.9 Å². The lowest BCUT2D eigenvalue weighted by molar-refractivity contribution is 0.0861. The summed E-state index contributed by atoms with van der Waals surface area (Å²) in [6, 6.07) is 3.62. The lowest BCUT2D eigenvalue weighted by Gasteiger charge is -2.31. The van der Waals surface area contributed by atoms with Crippen molar-refractivity contribution in [3.8, 4) is 11.5 Å². The van der Waals surface area contributed by atoms with Gasteiger partial charge in [0.15, 0.2) is 11.5 Å². The molecule has 8 nitrogen and oxygen atoms in total. The van der Waals surface area contributed by atoms with Crippen molar-refractivity contribution >= 4 is 22.9 Å². The van der Waals surface area contributed by atoms with Crippen molar-refractivity contribution in [2.24, 2.45) is 0 Å². The van der Waals surface area contributed by atoms with E-state index in [9.17, 15) is 9.59 Å². The maximum absolute atomic E-state index is 12.8. The number of nitrogens with zero attached hydrogens (tertiary/aromatic N) is 1. The van der Waals surface area contributed by atoms with Crippen LogP contribution >= 0.6 is 0 Å². The Morgan fingerprint density at radius 1 is 1.19 bits per heavy atom. The van der Waals surface area contributed by atoms with Gasteiger partial charge in [0.1, 0.15) is 0 Å². The molecule has 2 N–H and O–H groups in total. The van der Waals surface area contributed by atoms with E-state index in [-0.39, 0.29) is 18.0 Å². The molecular formula is C19H25N3O5. The molecule has 0 bridgehead atoms. The average molecular weight is 375 g/mol. The van der Waals surface area contributed by atoms with E-state index in [2.05, 4.69) is 10.3 Å². The van der Waals surface area contributed by atoms with E-state index in [0.29, 0.717) is 49.6 Å². The third-order valence-corrected chi connectivity index (χ3v) is 4.79. The Hall–Kier alpha value is -2.90. The maximum atomic E-state index is 12.8. The van der Waals surface area contributed by atoms with Gasteiger partial charge >= 0.3 is 6.09 Å². The monoisotopic (exact) mass is 375 g/mol. The molecule has 146 valence electrons. The van der Waals surface area contributed by atoms with Crippen molar-refractivity contribution in [3.63, 3.8) is 0 Å². The summed E-state index contributed by atoms with van der Waals surface area (Å²) < 4.78 is 15.6. The molecule has 0 aliphatic carbocycles. The number of H-pyrrole nitrogens is 1. The number of ether oxygens (including phenoxy) is 3. The molecule has 1 fully saturated rings. The standard InChI is InChI=1S/C19H25N3O5/c1-4-27-19(24)22-7-5-12(6-8-22)21-18(23)14-11-20-15-10-17(26-3)16(25-2)9-13(14)15/h9-12,20H,4-8H2,1-3H3,(H,21,23). The second kappa shape index (κ2) is 8.20. The zero-order valence-electron chi connectivity index (χ0n) is 15.8. The summed E-state index contributed by atoms with van der Waals surface area (Å²) in [5.74, 6) is 1.02. The molecule has 8 heteroatoms. The second-order valence-corrected chi connectivity index (χ2v) is 6.39. The number of fused-ring (bicyclic) bond motifs is 1. The van der Waals surface area contributed by atoms with Gasteiger partial charge < -0.3 is 29.4 Å². The molecule has 1 aliphatic heterocycles. The van der Waals surface area contributed by atoms with E-state index in [1.807, 2.05) is 6.07 Å². The van der Waals surface area contributed by atoms with Gasteiger partial charge in [0.05, 0.1) is 31.9 Å². The fourth-order valence-electron chi connectivity index (χ4n) is 3.32. The lowest BCUT2D eigenvalue weighted by atomic mass is 10.0. The fourth-order valence-corrected chi connectivity index (χ4v) is 3.32. The number of amides is 2. The highest BCUT2D eigenvalue weighted by Gasteiger charge is 2.25.